The van der Waals surface area contributed by atoms with E-state index in [4.69, 9.17) is 0 Å². The van der Waals surface area contributed by atoms with Crippen LogP contribution in [0.3, 0.4) is 0 Å². The molecule has 1 fully saturated rings. The zero-order valence-corrected chi connectivity index (χ0v) is 21.0. The van der Waals surface area contributed by atoms with Crippen LogP contribution >= 0.6 is 27.3 Å². The molecule has 2 atom stereocenters. The van der Waals surface area contributed by atoms with E-state index in [0.717, 1.165) is 22.2 Å². The fraction of sp³-hybridized carbons (Fsp3) is 0.304. The van der Waals surface area contributed by atoms with Gasteiger partial charge >= 0.3 is 0 Å². The van der Waals surface area contributed by atoms with Crippen molar-refractivity contribution in [2.75, 3.05) is 18.4 Å². The number of sulfonamides is 1. The molecule has 1 aromatic heterocycles. The molecule has 3 aromatic rings. The molecule has 1 saturated heterocycles. The van der Waals surface area contributed by atoms with Crippen molar-refractivity contribution >= 4 is 48.3 Å². The van der Waals surface area contributed by atoms with Gasteiger partial charge in [0.15, 0.2) is 5.13 Å². The van der Waals surface area contributed by atoms with E-state index in [1.165, 1.54) is 23.5 Å². The number of aromatic nitrogens is 1. The number of halogens is 1. The molecule has 0 aliphatic carbocycles. The number of hydrogen-bond acceptors (Lipinski definition) is 5. The van der Waals surface area contributed by atoms with Gasteiger partial charge in [-0.25, -0.2) is 13.4 Å². The maximum Gasteiger partial charge on any atom is 0.257 e. The highest BCUT2D eigenvalue weighted by atomic mass is 79.9. The highest BCUT2D eigenvalue weighted by Crippen LogP contribution is 2.28. The van der Waals surface area contributed by atoms with Crippen molar-refractivity contribution < 1.29 is 13.2 Å². The van der Waals surface area contributed by atoms with Crippen LogP contribution in [0.25, 0.3) is 11.3 Å². The number of anilines is 1. The van der Waals surface area contributed by atoms with Crippen molar-refractivity contribution in [3.8, 4) is 11.3 Å². The second kappa shape index (κ2) is 9.43. The van der Waals surface area contributed by atoms with Crippen LogP contribution in [0.15, 0.2) is 63.3 Å². The van der Waals surface area contributed by atoms with Crippen LogP contribution in [-0.4, -0.2) is 36.7 Å². The summed E-state index contributed by atoms with van der Waals surface area (Å²) in [6.07, 6.45) is 1.03. The summed E-state index contributed by atoms with van der Waals surface area (Å²) in [6.45, 7) is 5.21. The largest absolute Gasteiger partial charge is 0.298 e. The first-order valence-corrected chi connectivity index (χ1v) is 13.5. The third-order valence-electron chi connectivity index (χ3n) is 5.45. The minimum absolute atomic E-state index is 0.210. The van der Waals surface area contributed by atoms with Gasteiger partial charge in [-0.3, -0.25) is 10.1 Å². The Bertz CT molecular complexity index is 1200. The van der Waals surface area contributed by atoms with Gasteiger partial charge in [0.1, 0.15) is 0 Å². The number of carbonyl (C=O) groups is 1. The van der Waals surface area contributed by atoms with E-state index < -0.39 is 10.0 Å². The molecule has 32 heavy (non-hydrogen) atoms. The molecule has 0 spiro atoms. The number of amides is 1. The van der Waals surface area contributed by atoms with Crippen LogP contribution in [0.1, 0.15) is 30.6 Å². The molecular formula is C23H24BrN3O3S2. The lowest BCUT2D eigenvalue weighted by Crippen LogP contribution is -2.42. The van der Waals surface area contributed by atoms with Crippen LogP contribution < -0.4 is 5.32 Å². The molecule has 2 aromatic carbocycles. The Hall–Kier alpha value is -2.07. The Balaban J connectivity index is 1.45. The molecule has 1 aliphatic rings. The van der Waals surface area contributed by atoms with E-state index in [2.05, 4.69) is 40.1 Å². The van der Waals surface area contributed by atoms with E-state index in [1.54, 1.807) is 16.4 Å². The van der Waals surface area contributed by atoms with E-state index in [-0.39, 0.29) is 10.8 Å². The van der Waals surface area contributed by atoms with Crippen LogP contribution in [-0.2, 0) is 10.0 Å². The maximum absolute atomic E-state index is 13.0. The SMILES string of the molecule is C[C@@H]1C[C@@H](C)CN(S(=O)(=O)c2ccc(C(=O)Nc3nc(-c4ccc(Br)cc4)cs3)cc2)C1. The summed E-state index contributed by atoms with van der Waals surface area (Å²) in [4.78, 5) is 17.3. The summed E-state index contributed by atoms with van der Waals surface area (Å²) in [7, 11) is -3.57. The second-order valence-electron chi connectivity index (χ2n) is 8.29. The van der Waals surface area contributed by atoms with Crippen LogP contribution in [0.2, 0.25) is 0 Å². The van der Waals surface area contributed by atoms with E-state index in [0.29, 0.717) is 35.6 Å². The smallest absolute Gasteiger partial charge is 0.257 e. The lowest BCUT2D eigenvalue weighted by atomic mass is 9.94. The van der Waals surface area contributed by atoms with Crippen molar-refractivity contribution in [2.45, 2.75) is 25.2 Å². The summed E-state index contributed by atoms with van der Waals surface area (Å²) in [5.74, 6) is 0.337. The molecular weight excluding hydrogens is 510 g/mol. The predicted molar refractivity (Wildman–Crippen MR) is 131 cm³/mol. The fourth-order valence-corrected chi connectivity index (χ4v) is 6.64. The number of benzene rings is 2. The van der Waals surface area contributed by atoms with Crippen LogP contribution in [0.4, 0.5) is 5.13 Å². The standard InChI is InChI=1S/C23H24BrN3O3S2/c1-15-11-16(2)13-27(12-15)32(29,30)20-9-5-18(6-10-20)22(28)26-23-25-21(14-31-23)17-3-7-19(24)8-4-17/h3-10,14-16H,11-13H2,1-2H3,(H,25,26,28)/t15-,16-/m1/s1. The predicted octanol–water partition coefficient (Wildman–Crippen LogP) is 5.49. The van der Waals surface area contributed by atoms with Gasteiger partial charge in [-0.2, -0.15) is 4.31 Å². The molecule has 2 heterocycles. The van der Waals surface area contributed by atoms with Gasteiger partial charge in [0.2, 0.25) is 10.0 Å². The molecule has 1 amide bonds. The zero-order valence-electron chi connectivity index (χ0n) is 17.8. The van der Waals surface area contributed by atoms with E-state index in [1.807, 2.05) is 29.6 Å². The van der Waals surface area contributed by atoms with Crippen molar-refractivity contribution in [3.05, 3.63) is 63.9 Å². The fourth-order valence-electron chi connectivity index (χ4n) is 3.98. The van der Waals surface area contributed by atoms with E-state index >= 15 is 0 Å². The molecule has 0 radical (unpaired) electrons. The molecule has 6 nitrogen and oxygen atoms in total. The van der Waals surface area contributed by atoms with Gasteiger partial charge in [-0.1, -0.05) is 41.9 Å². The Morgan fingerprint density at radius 1 is 1.06 bits per heavy atom. The Morgan fingerprint density at radius 3 is 2.31 bits per heavy atom. The average Bonchev–Trinajstić information content (AvgIpc) is 3.22. The molecule has 1 aliphatic heterocycles. The Kier molecular flexibility index (Phi) is 6.80. The number of thiazole rings is 1. The third-order valence-corrected chi connectivity index (χ3v) is 8.59. The Labute approximate surface area is 200 Å². The molecule has 0 unspecified atom stereocenters. The maximum atomic E-state index is 13.0. The molecule has 9 heteroatoms. The summed E-state index contributed by atoms with van der Waals surface area (Å²) in [6, 6.07) is 13.9. The van der Waals surface area contributed by atoms with Crippen molar-refractivity contribution in [1.82, 2.24) is 9.29 Å². The van der Waals surface area contributed by atoms with Gasteiger partial charge in [0.25, 0.3) is 5.91 Å². The van der Waals surface area contributed by atoms with Crippen molar-refractivity contribution in [2.24, 2.45) is 11.8 Å². The minimum atomic E-state index is -3.57. The van der Waals surface area contributed by atoms with Gasteiger partial charge in [-0.15, -0.1) is 11.3 Å². The lowest BCUT2D eigenvalue weighted by molar-refractivity contribution is 0.102. The van der Waals surface area contributed by atoms with Crippen molar-refractivity contribution in [1.29, 1.82) is 0 Å². The lowest BCUT2D eigenvalue weighted by Gasteiger charge is -2.34. The Morgan fingerprint density at radius 2 is 1.69 bits per heavy atom. The molecule has 168 valence electrons. The molecule has 0 saturated carbocycles. The summed E-state index contributed by atoms with van der Waals surface area (Å²) in [5, 5.41) is 5.16. The highest BCUT2D eigenvalue weighted by Gasteiger charge is 2.31. The third kappa shape index (κ3) is 5.11. The summed E-state index contributed by atoms with van der Waals surface area (Å²) < 4.78 is 28.6. The van der Waals surface area contributed by atoms with Gasteiger partial charge in [0.05, 0.1) is 10.6 Å². The molecule has 4 rings (SSSR count). The monoisotopic (exact) mass is 533 g/mol. The number of hydrogen-bond donors (Lipinski definition) is 1. The number of nitrogens with one attached hydrogen (secondary N) is 1. The molecule has 1 N–H and O–H groups in total. The van der Waals surface area contributed by atoms with Gasteiger partial charge in [-0.05, 0) is 54.7 Å². The average molecular weight is 535 g/mol. The first-order valence-electron chi connectivity index (χ1n) is 10.4. The van der Waals surface area contributed by atoms with Crippen LogP contribution in [0, 0.1) is 11.8 Å². The summed E-state index contributed by atoms with van der Waals surface area (Å²) >= 11 is 4.75. The zero-order chi connectivity index (χ0) is 22.9. The summed E-state index contributed by atoms with van der Waals surface area (Å²) in [5.41, 5.74) is 2.12. The van der Waals surface area contributed by atoms with Crippen LogP contribution in [0.5, 0.6) is 0 Å². The van der Waals surface area contributed by atoms with Gasteiger partial charge < -0.3 is 0 Å². The first kappa shape index (κ1) is 23.1. The second-order valence-corrected chi connectivity index (χ2v) is 12.0. The quantitative estimate of drug-likeness (QED) is 0.470. The van der Waals surface area contributed by atoms with Gasteiger partial charge in [0, 0.05) is 34.1 Å². The number of rotatable bonds is 5. The molecule has 0 bridgehead atoms. The van der Waals surface area contributed by atoms with Crippen molar-refractivity contribution in [3.63, 3.8) is 0 Å². The number of nitrogens with zero attached hydrogens (tertiary/aromatic N) is 2. The topological polar surface area (TPSA) is 79.4 Å². The first-order chi connectivity index (χ1) is 15.2. The minimum Gasteiger partial charge on any atom is -0.298 e. The normalized spacial score (nSPS) is 19.6. The number of carbonyl (C=O) groups excluding carboxylic acids is 1. The highest BCUT2D eigenvalue weighted by molar-refractivity contribution is 9.10. The van der Waals surface area contributed by atoms with E-state index in [9.17, 15) is 13.2 Å². The number of piperidine rings is 1.